The van der Waals surface area contributed by atoms with Gasteiger partial charge in [0.25, 0.3) is 0 Å². The summed E-state index contributed by atoms with van der Waals surface area (Å²) < 4.78 is 19.2. The highest BCUT2D eigenvalue weighted by atomic mass is 16.3. The Morgan fingerprint density at radius 2 is 0.673 bits per heavy atom. The number of fused-ring (bicyclic) bond motifs is 15. The number of benzene rings is 16. The minimum Gasteiger partial charge on any atom is -0.455 e. The van der Waals surface area contributed by atoms with Gasteiger partial charge in [-0.2, -0.15) is 0 Å². The van der Waals surface area contributed by atoms with Gasteiger partial charge in [0.05, 0.1) is 0 Å². The van der Waals surface area contributed by atoms with Crippen LogP contribution >= 0.6 is 0 Å². The molecule has 0 aliphatic heterocycles. The second kappa shape index (κ2) is 25.4. The molecule has 1 aliphatic carbocycles. The van der Waals surface area contributed by atoms with E-state index in [0.29, 0.717) is 0 Å². The molecule has 0 atom stereocenters. The molecule has 0 bridgehead atoms. The fourth-order valence-electron chi connectivity index (χ4n) is 15.1. The second-order valence-electron chi connectivity index (χ2n) is 26.5. The molecule has 0 spiro atoms. The van der Waals surface area contributed by atoms with Gasteiger partial charge in [-0.3, -0.25) is 0 Å². The Labute approximate surface area is 585 Å². The van der Waals surface area contributed by atoms with Gasteiger partial charge in [0.2, 0.25) is 0 Å². The minimum absolute atomic E-state index is 0.0243. The van der Waals surface area contributed by atoms with Crippen molar-refractivity contribution in [3.8, 4) is 55.6 Å². The first kappa shape index (κ1) is 60.3. The zero-order valence-electron chi connectivity index (χ0n) is 55.7. The molecule has 0 saturated heterocycles. The van der Waals surface area contributed by atoms with Crippen LogP contribution in [0.5, 0.6) is 0 Å². The Balaban J connectivity index is 0.000000109. The van der Waals surface area contributed by atoms with Crippen molar-refractivity contribution in [2.24, 2.45) is 0 Å². The standard InChI is InChI=1S/C33H25NO.C32H21NO.C30H21NO/c1-33(2)27-15-8-6-14-24(27)31-28(33)16-10-17-29(31)34-22-19-25(21-11-4-3-5-12-21)32-26(20-22)23-13-7-9-18-30(23)35-32;1-2-12-23(13-3-1)33-24-19-28(27-16-8-11-21-9-4-6-14-25(21)27)32-29(20-24)31-26-15-7-5-10-22(26)17-18-30(31)34-32;1-3-10-21(11-4-1)23-14-9-15-24(18-23)31-25-19-27(22-12-5-2-6-13-22)30-28(20-25)26-16-7-8-17-29(26)32-30/h3-20,34H,1-2H3;1-20,33H;1-20,31H. The largest absolute Gasteiger partial charge is 0.455 e. The summed E-state index contributed by atoms with van der Waals surface area (Å²) in [6.45, 7) is 4.64. The molecule has 480 valence electrons. The summed E-state index contributed by atoms with van der Waals surface area (Å²) in [4.78, 5) is 0. The van der Waals surface area contributed by atoms with Crippen molar-refractivity contribution in [1.82, 2.24) is 0 Å². The third-order valence-corrected chi connectivity index (χ3v) is 19.9. The zero-order valence-corrected chi connectivity index (χ0v) is 55.7. The van der Waals surface area contributed by atoms with Gasteiger partial charge in [-0.05, 0) is 151 Å². The molecule has 16 aromatic carbocycles. The molecule has 3 aromatic heterocycles. The lowest BCUT2D eigenvalue weighted by atomic mass is 9.82. The molecule has 0 saturated carbocycles. The van der Waals surface area contributed by atoms with E-state index in [4.69, 9.17) is 13.3 Å². The number of hydrogen-bond acceptors (Lipinski definition) is 6. The third-order valence-electron chi connectivity index (χ3n) is 19.9. The molecule has 0 amide bonds. The average molecular weight is 1300 g/mol. The van der Waals surface area contributed by atoms with Crippen molar-refractivity contribution in [1.29, 1.82) is 0 Å². The monoisotopic (exact) mass is 1300 g/mol. The van der Waals surface area contributed by atoms with Gasteiger partial charge < -0.3 is 29.2 Å². The summed E-state index contributed by atoms with van der Waals surface area (Å²) in [7, 11) is 0. The molecular weight excluding hydrogens is 1230 g/mol. The molecular formula is C95H67N3O3. The van der Waals surface area contributed by atoms with Crippen molar-refractivity contribution >= 4 is 121 Å². The summed E-state index contributed by atoms with van der Waals surface area (Å²) in [6.07, 6.45) is 0. The molecule has 101 heavy (non-hydrogen) atoms. The molecule has 19 aromatic rings. The maximum Gasteiger partial charge on any atom is 0.143 e. The molecule has 1 aliphatic rings. The van der Waals surface area contributed by atoms with Crippen LogP contribution in [-0.4, -0.2) is 0 Å². The summed E-state index contributed by atoms with van der Waals surface area (Å²) in [6, 6.07) is 123. The van der Waals surface area contributed by atoms with Crippen LogP contribution in [0.2, 0.25) is 0 Å². The first-order valence-corrected chi connectivity index (χ1v) is 34.4. The number of nitrogens with one attached hydrogen (secondary N) is 3. The van der Waals surface area contributed by atoms with Gasteiger partial charge in [0.15, 0.2) is 0 Å². The zero-order chi connectivity index (χ0) is 67.4. The summed E-state index contributed by atoms with van der Waals surface area (Å²) in [5.74, 6) is 0. The van der Waals surface area contributed by atoms with Crippen molar-refractivity contribution in [3.05, 3.63) is 363 Å². The van der Waals surface area contributed by atoms with Crippen molar-refractivity contribution in [3.63, 3.8) is 0 Å². The molecule has 20 rings (SSSR count). The van der Waals surface area contributed by atoms with E-state index in [9.17, 15) is 0 Å². The summed E-state index contributed by atoms with van der Waals surface area (Å²) in [5, 5.41) is 22.7. The molecule has 0 fully saturated rings. The van der Waals surface area contributed by atoms with E-state index in [1.807, 2.05) is 60.7 Å². The van der Waals surface area contributed by atoms with E-state index in [0.717, 1.165) is 128 Å². The predicted octanol–water partition coefficient (Wildman–Crippen LogP) is 27.3. The first-order valence-electron chi connectivity index (χ1n) is 34.4. The molecule has 3 heterocycles. The van der Waals surface area contributed by atoms with E-state index < -0.39 is 0 Å². The highest BCUT2D eigenvalue weighted by Crippen LogP contribution is 2.53. The normalized spacial score (nSPS) is 12.1. The van der Waals surface area contributed by atoms with Gasteiger partial charge in [0.1, 0.15) is 33.5 Å². The van der Waals surface area contributed by atoms with E-state index >= 15 is 0 Å². The van der Waals surface area contributed by atoms with Crippen LogP contribution in [0.25, 0.3) is 143 Å². The van der Waals surface area contributed by atoms with Crippen LogP contribution in [0.3, 0.4) is 0 Å². The Morgan fingerprint density at radius 1 is 0.238 bits per heavy atom. The van der Waals surface area contributed by atoms with E-state index in [1.54, 1.807) is 0 Å². The second-order valence-corrected chi connectivity index (χ2v) is 26.5. The molecule has 3 N–H and O–H groups in total. The molecule has 6 nitrogen and oxygen atoms in total. The molecule has 0 radical (unpaired) electrons. The third kappa shape index (κ3) is 11.1. The van der Waals surface area contributed by atoms with Crippen LogP contribution in [0, 0.1) is 0 Å². The van der Waals surface area contributed by atoms with Gasteiger partial charge in [-0.15, -0.1) is 0 Å². The van der Waals surface area contributed by atoms with Crippen molar-refractivity contribution < 1.29 is 13.3 Å². The van der Waals surface area contributed by atoms with Gasteiger partial charge in [0, 0.05) is 94.1 Å². The Bertz CT molecular complexity index is 6320. The number of hydrogen-bond donors (Lipinski definition) is 3. The van der Waals surface area contributed by atoms with Crippen molar-refractivity contribution in [2.45, 2.75) is 19.3 Å². The average Bonchev–Trinajstić information content (AvgIpc) is 1.61. The number of anilines is 6. The van der Waals surface area contributed by atoms with Crippen LogP contribution < -0.4 is 16.0 Å². The highest BCUT2D eigenvalue weighted by molar-refractivity contribution is 6.22. The maximum absolute atomic E-state index is 6.57. The molecule has 0 unspecified atom stereocenters. The summed E-state index contributed by atoms with van der Waals surface area (Å²) in [5.41, 5.74) is 26.3. The topological polar surface area (TPSA) is 75.5 Å². The van der Waals surface area contributed by atoms with Crippen LogP contribution in [0.15, 0.2) is 365 Å². The van der Waals surface area contributed by atoms with E-state index in [-0.39, 0.29) is 5.41 Å². The number of rotatable bonds is 10. The fourth-order valence-corrected chi connectivity index (χ4v) is 15.1. The van der Waals surface area contributed by atoms with Gasteiger partial charge >= 0.3 is 0 Å². The lowest BCUT2D eigenvalue weighted by Gasteiger charge is -2.21. The smallest absolute Gasteiger partial charge is 0.143 e. The minimum atomic E-state index is -0.0243. The SMILES string of the molecule is CC1(C)c2ccccc2-c2c(Nc3cc(-c4ccccc4)c4oc5ccccc5c4c3)cccc21.c1ccc(-c2cccc(Nc3cc(-c4ccccc4)c4oc5ccccc5c4c3)c2)cc1.c1ccc(Nc2cc(-c3cccc4ccccc34)c3oc4ccc5ccccc5c4c3c2)cc1. The van der Waals surface area contributed by atoms with Gasteiger partial charge in [-0.1, -0.05) is 281 Å². The Kier molecular flexibility index (Phi) is 15.1. The highest BCUT2D eigenvalue weighted by Gasteiger charge is 2.36. The lowest BCUT2D eigenvalue weighted by molar-refractivity contribution is 0.660. The fraction of sp³-hybridized carbons (Fsp3) is 0.0316. The van der Waals surface area contributed by atoms with Gasteiger partial charge in [-0.25, -0.2) is 0 Å². The maximum atomic E-state index is 6.57. The van der Waals surface area contributed by atoms with Crippen LogP contribution in [-0.2, 0) is 5.41 Å². The van der Waals surface area contributed by atoms with Crippen molar-refractivity contribution in [2.75, 3.05) is 16.0 Å². The quantitative estimate of drug-likeness (QED) is 0.127. The lowest BCUT2D eigenvalue weighted by Crippen LogP contribution is -2.14. The van der Waals surface area contributed by atoms with E-state index in [1.165, 1.54) is 60.5 Å². The first-order chi connectivity index (χ1) is 49.8. The number of furan rings is 3. The Hall–Kier alpha value is -13.2. The Morgan fingerprint density at radius 3 is 1.34 bits per heavy atom. The van der Waals surface area contributed by atoms with Crippen LogP contribution in [0.1, 0.15) is 25.0 Å². The number of para-hydroxylation sites is 3. The predicted molar refractivity (Wildman–Crippen MR) is 425 cm³/mol. The van der Waals surface area contributed by atoms with E-state index in [2.05, 4.69) is 321 Å². The summed E-state index contributed by atoms with van der Waals surface area (Å²) >= 11 is 0. The van der Waals surface area contributed by atoms with Crippen LogP contribution in [0.4, 0.5) is 34.1 Å². The molecule has 6 heteroatoms.